The Hall–Kier alpha value is -4.17. The van der Waals surface area contributed by atoms with E-state index in [1.807, 2.05) is 35.7 Å². The van der Waals surface area contributed by atoms with Crippen molar-refractivity contribution in [1.29, 1.82) is 5.41 Å². The van der Waals surface area contributed by atoms with E-state index in [0.717, 1.165) is 11.3 Å². The molecule has 0 aromatic heterocycles. The number of nitrogens with one attached hydrogen (secondary N) is 1. The van der Waals surface area contributed by atoms with E-state index in [1.54, 1.807) is 47.4 Å². The molecular weight excluding hydrogens is 465 g/mol. The molecule has 35 heavy (non-hydrogen) atoms. The van der Waals surface area contributed by atoms with Crippen molar-refractivity contribution in [1.82, 2.24) is 4.90 Å². The average Bonchev–Trinajstić information content (AvgIpc) is 3.31. The second-order valence-corrected chi connectivity index (χ2v) is 8.56. The Morgan fingerprint density at radius 3 is 2.60 bits per heavy atom. The van der Waals surface area contributed by atoms with Crippen LogP contribution in [0.15, 0.2) is 88.8 Å². The number of amidine groups is 2. The molecule has 0 aliphatic carbocycles. The first-order valence-corrected chi connectivity index (χ1v) is 11.6. The number of thioether (sulfide) groups is 1. The van der Waals surface area contributed by atoms with E-state index in [0.29, 0.717) is 27.8 Å². The van der Waals surface area contributed by atoms with Gasteiger partial charge in [0.1, 0.15) is 18.3 Å². The van der Waals surface area contributed by atoms with Crippen molar-refractivity contribution < 1.29 is 18.7 Å². The maximum atomic E-state index is 13.9. The quantitative estimate of drug-likeness (QED) is 0.452. The van der Waals surface area contributed by atoms with Crippen LogP contribution in [-0.2, 0) is 11.4 Å². The minimum atomic E-state index is -0.477. The fourth-order valence-corrected chi connectivity index (χ4v) is 4.63. The van der Waals surface area contributed by atoms with Gasteiger partial charge in [-0.25, -0.2) is 4.39 Å². The highest BCUT2D eigenvalue weighted by molar-refractivity contribution is 8.17. The minimum absolute atomic E-state index is 0.0469. The first-order chi connectivity index (χ1) is 17.0. The second kappa shape index (κ2) is 9.60. The molecule has 0 saturated carbocycles. The Bertz CT molecular complexity index is 1420. The van der Waals surface area contributed by atoms with Gasteiger partial charge >= 0.3 is 0 Å². The summed E-state index contributed by atoms with van der Waals surface area (Å²) in [5, 5.41) is 11.1. The zero-order valence-corrected chi connectivity index (χ0v) is 19.5. The number of hydrogen-bond acceptors (Lipinski definition) is 5. The molecule has 0 atom stereocenters. The van der Waals surface area contributed by atoms with Crippen LogP contribution in [0.25, 0.3) is 11.8 Å². The summed E-state index contributed by atoms with van der Waals surface area (Å²) in [4.78, 5) is 18.6. The van der Waals surface area contributed by atoms with E-state index >= 15 is 0 Å². The van der Waals surface area contributed by atoms with Gasteiger partial charge in [-0.2, -0.15) is 4.99 Å². The van der Waals surface area contributed by atoms with Crippen LogP contribution in [0, 0.1) is 11.2 Å². The molecule has 6 nitrogen and oxygen atoms in total. The number of nitrogens with zero attached hydrogens (tertiary/aromatic N) is 2. The largest absolute Gasteiger partial charge is 0.493 e. The van der Waals surface area contributed by atoms with Crippen molar-refractivity contribution >= 4 is 40.4 Å². The molecule has 5 rings (SSSR count). The summed E-state index contributed by atoms with van der Waals surface area (Å²) in [6.07, 6.45) is 1.61. The molecule has 3 aromatic carbocycles. The normalized spacial score (nSPS) is 16.2. The highest BCUT2D eigenvalue weighted by Gasteiger charge is 2.36. The predicted octanol–water partition coefficient (Wildman–Crippen LogP) is 5.72. The number of carbonyl (C=O) groups is 1. The Morgan fingerprint density at radius 1 is 1.06 bits per heavy atom. The van der Waals surface area contributed by atoms with Gasteiger partial charge in [-0.15, -0.1) is 0 Å². The molecule has 8 heteroatoms. The maximum absolute atomic E-state index is 13.9. The topological polar surface area (TPSA) is 75.0 Å². The van der Waals surface area contributed by atoms with Gasteiger partial charge in [0.2, 0.25) is 0 Å². The molecule has 0 fully saturated rings. The fourth-order valence-electron chi connectivity index (χ4n) is 3.75. The summed E-state index contributed by atoms with van der Waals surface area (Å²) in [5.74, 6) is 0.102. The van der Waals surface area contributed by atoms with E-state index in [4.69, 9.17) is 14.9 Å². The third-order valence-electron chi connectivity index (χ3n) is 5.52. The summed E-state index contributed by atoms with van der Waals surface area (Å²) in [6.45, 7) is 0.0469. The molecule has 0 unspecified atom stereocenters. The molecule has 1 amide bonds. The molecule has 2 aliphatic heterocycles. The van der Waals surface area contributed by atoms with Crippen LogP contribution in [-0.4, -0.2) is 28.9 Å². The smallest absolute Gasteiger partial charge is 0.283 e. The highest BCUT2D eigenvalue weighted by atomic mass is 32.2. The Balaban J connectivity index is 1.41. The molecule has 2 heterocycles. The van der Waals surface area contributed by atoms with E-state index in [9.17, 15) is 9.18 Å². The van der Waals surface area contributed by atoms with Gasteiger partial charge in [-0.05, 0) is 35.4 Å². The van der Waals surface area contributed by atoms with Crippen LogP contribution in [0.3, 0.4) is 0 Å². The van der Waals surface area contributed by atoms with Crippen molar-refractivity contribution in [2.75, 3.05) is 7.11 Å². The summed E-state index contributed by atoms with van der Waals surface area (Å²) in [6, 6.07) is 21.2. The lowest BCUT2D eigenvalue weighted by atomic mass is 10.1. The van der Waals surface area contributed by atoms with Gasteiger partial charge < -0.3 is 9.47 Å². The number of aliphatic imine (C=N–C) groups is 1. The number of halogens is 1. The van der Waals surface area contributed by atoms with Crippen LogP contribution < -0.4 is 9.47 Å². The second-order valence-electron chi connectivity index (χ2n) is 7.72. The average molecular weight is 486 g/mol. The van der Waals surface area contributed by atoms with Crippen molar-refractivity contribution in [2.45, 2.75) is 6.61 Å². The van der Waals surface area contributed by atoms with Crippen LogP contribution in [0.5, 0.6) is 11.5 Å². The predicted molar refractivity (Wildman–Crippen MR) is 136 cm³/mol. The van der Waals surface area contributed by atoms with Crippen molar-refractivity contribution in [3.8, 4) is 11.5 Å². The standard InChI is InChI=1S/C27H20FN3O3S/c1-33-24-14-17(11-12-23(24)34-15-19-9-5-6-10-21(19)28)13-20-25(29)31-22(18-7-3-2-4-8-18)16-35-27(31)30-26(20)32/h2-14,16,29H,15H2,1H3/b20-13-,29-25?. The summed E-state index contributed by atoms with van der Waals surface area (Å²) < 4.78 is 25.1. The van der Waals surface area contributed by atoms with Crippen molar-refractivity contribution in [3.05, 3.63) is 106 Å². The molecule has 3 aromatic rings. The van der Waals surface area contributed by atoms with Gasteiger partial charge in [-0.1, -0.05) is 66.4 Å². The van der Waals surface area contributed by atoms with Crippen LogP contribution in [0.2, 0.25) is 0 Å². The van der Waals surface area contributed by atoms with Crippen molar-refractivity contribution in [3.63, 3.8) is 0 Å². The molecule has 0 radical (unpaired) electrons. The molecule has 0 bridgehead atoms. The van der Waals surface area contributed by atoms with Gasteiger partial charge in [0.05, 0.1) is 18.4 Å². The number of methoxy groups -OCH3 is 1. The number of fused-ring (bicyclic) bond motifs is 1. The summed E-state index contributed by atoms with van der Waals surface area (Å²) in [7, 11) is 1.50. The number of amides is 1. The first kappa shape index (κ1) is 22.6. The third-order valence-corrected chi connectivity index (χ3v) is 6.35. The Morgan fingerprint density at radius 2 is 1.83 bits per heavy atom. The van der Waals surface area contributed by atoms with Gasteiger partial charge in [0, 0.05) is 11.0 Å². The van der Waals surface area contributed by atoms with Gasteiger partial charge in [0.25, 0.3) is 5.91 Å². The minimum Gasteiger partial charge on any atom is -0.493 e. The Kier molecular flexibility index (Phi) is 6.20. The Labute approximate surface area is 205 Å². The monoisotopic (exact) mass is 485 g/mol. The number of hydrogen-bond donors (Lipinski definition) is 1. The molecule has 1 N–H and O–H groups in total. The molecule has 0 spiro atoms. The van der Waals surface area contributed by atoms with Crippen LogP contribution >= 0.6 is 11.8 Å². The number of benzene rings is 3. The first-order valence-electron chi connectivity index (χ1n) is 10.8. The number of carbonyl (C=O) groups excluding carboxylic acids is 1. The SMILES string of the molecule is COc1cc(/C=C2/C(=N)N3C(c4ccccc4)=CSC3=NC2=O)ccc1OCc1ccccc1F. The zero-order chi connectivity index (χ0) is 24.4. The maximum Gasteiger partial charge on any atom is 0.283 e. The third kappa shape index (κ3) is 4.48. The summed E-state index contributed by atoms with van der Waals surface area (Å²) >= 11 is 1.32. The van der Waals surface area contributed by atoms with Crippen LogP contribution in [0.4, 0.5) is 4.39 Å². The van der Waals surface area contributed by atoms with Gasteiger partial charge in [-0.3, -0.25) is 15.1 Å². The highest BCUT2D eigenvalue weighted by Crippen LogP contribution is 2.37. The number of rotatable bonds is 6. The summed E-state index contributed by atoms with van der Waals surface area (Å²) in [5.41, 5.74) is 2.97. The molecular formula is C27H20FN3O3S. The fraction of sp³-hybridized carbons (Fsp3) is 0.0741. The van der Waals surface area contributed by atoms with Crippen LogP contribution in [0.1, 0.15) is 16.7 Å². The molecule has 2 aliphatic rings. The lowest BCUT2D eigenvalue weighted by Crippen LogP contribution is -2.38. The number of ether oxygens (including phenoxy) is 2. The lowest BCUT2D eigenvalue weighted by Gasteiger charge is -2.27. The zero-order valence-electron chi connectivity index (χ0n) is 18.7. The van der Waals surface area contributed by atoms with E-state index in [1.165, 1.54) is 24.9 Å². The van der Waals surface area contributed by atoms with E-state index < -0.39 is 5.91 Å². The van der Waals surface area contributed by atoms with Gasteiger partial charge in [0.15, 0.2) is 16.7 Å². The van der Waals surface area contributed by atoms with E-state index in [-0.39, 0.29) is 23.8 Å². The van der Waals surface area contributed by atoms with Crippen molar-refractivity contribution in [2.24, 2.45) is 4.99 Å². The van der Waals surface area contributed by atoms with E-state index in [2.05, 4.69) is 4.99 Å². The lowest BCUT2D eigenvalue weighted by molar-refractivity contribution is -0.114. The molecule has 174 valence electrons. The molecule has 0 saturated heterocycles.